The Morgan fingerprint density at radius 2 is 2.64 bits per heavy atom. The van der Waals surface area contributed by atoms with Gasteiger partial charge in [-0.2, -0.15) is 0 Å². The van der Waals surface area contributed by atoms with E-state index in [0.717, 1.165) is 5.70 Å². The van der Waals surface area contributed by atoms with Gasteiger partial charge >= 0.3 is 0 Å². The van der Waals surface area contributed by atoms with Crippen LogP contribution in [0.2, 0.25) is 0 Å². The third-order valence-electron chi connectivity index (χ3n) is 1.41. The topological polar surface area (TPSA) is 60.2 Å². The lowest BCUT2D eigenvalue weighted by atomic mass is 10.4. The van der Waals surface area contributed by atoms with Crippen LogP contribution in [0.5, 0.6) is 0 Å². The molecule has 11 heavy (non-hydrogen) atoms. The van der Waals surface area contributed by atoms with Gasteiger partial charge in [0.2, 0.25) is 0 Å². The smallest absolute Gasteiger partial charge is 0.143 e. The number of hydrogen-bond donors (Lipinski definition) is 2. The van der Waals surface area contributed by atoms with Crippen LogP contribution >= 0.6 is 11.8 Å². The highest BCUT2D eigenvalue weighted by molar-refractivity contribution is 8.13. The Hall–Kier alpha value is -0.850. The first kappa shape index (κ1) is 6.84. The van der Waals surface area contributed by atoms with Crippen molar-refractivity contribution in [3.05, 3.63) is 11.9 Å². The van der Waals surface area contributed by atoms with Crippen LogP contribution in [-0.4, -0.2) is 27.5 Å². The number of hydrogen-bond acceptors (Lipinski definition) is 6. The lowest BCUT2D eigenvalue weighted by molar-refractivity contribution is 0.0332. The Kier molecular flexibility index (Phi) is 1.65. The molecule has 58 valence electrons. The molecule has 0 radical (unpaired) electrons. The predicted octanol–water partition coefficient (Wildman–Crippen LogP) is 0.167. The maximum atomic E-state index is 8.63. The lowest BCUT2D eigenvalue weighted by Gasteiger charge is -2.24. The van der Waals surface area contributed by atoms with Gasteiger partial charge in [0.15, 0.2) is 0 Å². The van der Waals surface area contributed by atoms with E-state index in [-0.39, 0.29) is 5.37 Å². The lowest BCUT2D eigenvalue weighted by Crippen LogP contribution is -2.42. The van der Waals surface area contributed by atoms with Gasteiger partial charge in [-0.15, -0.1) is 5.59 Å². The van der Waals surface area contributed by atoms with Crippen LogP contribution in [-0.2, 0) is 0 Å². The standard InChI is InChI=1S/C5H6N4OS/c10-8-9-2-6-1-4-5(9)11-3-7-4/h1-3,5,8,10H. The molecule has 1 unspecified atom stereocenters. The number of aliphatic imine (C=N–C) groups is 2. The Bertz CT molecular complexity index is 249. The number of fused-ring (bicyclic) bond motifs is 1. The van der Waals surface area contributed by atoms with E-state index >= 15 is 0 Å². The van der Waals surface area contributed by atoms with E-state index in [1.807, 2.05) is 5.59 Å². The molecular formula is C5H6N4OS. The zero-order valence-corrected chi connectivity index (χ0v) is 6.32. The third kappa shape index (κ3) is 1.05. The molecule has 2 heterocycles. The van der Waals surface area contributed by atoms with E-state index < -0.39 is 0 Å². The van der Waals surface area contributed by atoms with Crippen molar-refractivity contribution in [2.24, 2.45) is 9.98 Å². The summed E-state index contributed by atoms with van der Waals surface area (Å²) in [6, 6.07) is 0. The van der Waals surface area contributed by atoms with Crippen LogP contribution in [0.1, 0.15) is 0 Å². The molecule has 1 atom stereocenters. The summed E-state index contributed by atoms with van der Waals surface area (Å²) < 4.78 is 0. The van der Waals surface area contributed by atoms with Gasteiger partial charge in [-0.05, 0) is 0 Å². The van der Waals surface area contributed by atoms with E-state index in [4.69, 9.17) is 5.21 Å². The van der Waals surface area contributed by atoms with E-state index in [1.54, 1.807) is 11.7 Å². The monoisotopic (exact) mass is 170 g/mol. The number of rotatable bonds is 1. The first-order valence-corrected chi connectivity index (χ1v) is 3.95. The molecule has 0 saturated heterocycles. The minimum Gasteiger partial charge on any atom is -0.297 e. The summed E-state index contributed by atoms with van der Waals surface area (Å²) in [5.41, 5.74) is 4.60. The molecular weight excluding hydrogens is 164 g/mol. The van der Waals surface area contributed by atoms with Crippen LogP contribution in [0.15, 0.2) is 21.9 Å². The van der Waals surface area contributed by atoms with Gasteiger partial charge in [0.25, 0.3) is 0 Å². The quantitative estimate of drug-likeness (QED) is 0.550. The summed E-state index contributed by atoms with van der Waals surface area (Å²) in [4.78, 5) is 7.91. The van der Waals surface area contributed by atoms with Crippen LogP contribution in [0.4, 0.5) is 0 Å². The highest BCUT2D eigenvalue weighted by Crippen LogP contribution is 2.28. The molecule has 0 aliphatic carbocycles. The van der Waals surface area contributed by atoms with Crippen molar-refractivity contribution < 1.29 is 5.21 Å². The molecule has 5 nitrogen and oxygen atoms in total. The van der Waals surface area contributed by atoms with Gasteiger partial charge in [-0.1, -0.05) is 11.8 Å². The summed E-state index contributed by atoms with van der Waals surface area (Å²) in [6.07, 6.45) is 3.19. The molecule has 0 amide bonds. The van der Waals surface area contributed by atoms with Crippen molar-refractivity contribution in [2.45, 2.75) is 5.37 Å². The van der Waals surface area contributed by atoms with Gasteiger partial charge in [0.1, 0.15) is 11.7 Å². The molecule has 0 spiro atoms. The summed E-state index contributed by atoms with van der Waals surface area (Å²) >= 11 is 1.51. The fraction of sp³-hybridized carbons (Fsp3) is 0.200. The second kappa shape index (κ2) is 2.65. The van der Waals surface area contributed by atoms with Gasteiger partial charge in [0, 0.05) is 0 Å². The largest absolute Gasteiger partial charge is 0.297 e. The normalized spacial score (nSPS) is 27.2. The third-order valence-corrected chi connectivity index (χ3v) is 2.36. The minimum absolute atomic E-state index is 0.0255. The van der Waals surface area contributed by atoms with E-state index in [1.165, 1.54) is 23.1 Å². The molecule has 0 aromatic carbocycles. The van der Waals surface area contributed by atoms with Crippen molar-refractivity contribution in [3.63, 3.8) is 0 Å². The molecule has 6 heteroatoms. The van der Waals surface area contributed by atoms with Gasteiger partial charge in [0.05, 0.1) is 17.4 Å². The molecule has 0 fully saturated rings. The Morgan fingerprint density at radius 3 is 3.45 bits per heavy atom. The fourth-order valence-electron chi connectivity index (χ4n) is 0.908. The fourth-order valence-corrected chi connectivity index (χ4v) is 1.70. The van der Waals surface area contributed by atoms with Gasteiger partial charge < -0.3 is 0 Å². The van der Waals surface area contributed by atoms with E-state index in [9.17, 15) is 0 Å². The molecule has 0 saturated carbocycles. The molecule has 0 aromatic heterocycles. The Morgan fingerprint density at radius 1 is 1.73 bits per heavy atom. The molecule has 2 N–H and O–H groups in total. The summed E-state index contributed by atoms with van der Waals surface area (Å²) in [7, 11) is 0. The van der Waals surface area contributed by atoms with Gasteiger partial charge in [-0.25, -0.2) is 9.98 Å². The first-order valence-electron chi connectivity index (χ1n) is 3.01. The van der Waals surface area contributed by atoms with E-state index in [2.05, 4.69) is 9.98 Å². The van der Waals surface area contributed by atoms with Crippen molar-refractivity contribution in [1.29, 1.82) is 0 Å². The average Bonchev–Trinajstić information content (AvgIpc) is 2.50. The molecule has 0 bridgehead atoms. The van der Waals surface area contributed by atoms with Crippen molar-refractivity contribution in [1.82, 2.24) is 10.6 Å². The highest BCUT2D eigenvalue weighted by atomic mass is 32.2. The van der Waals surface area contributed by atoms with Crippen molar-refractivity contribution in [3.8, 4) is 0 Å². The van der Waals surface area contributed by atoms with Crippen LogP contribution in [0, 0.1) is 0 Å². The van der Waals surface area contributed by atoms with Crippen LogP contribution in [0.25, 0.3) is 0 Å². The number of nitrogens with zero attached hydrogens (tertiary/aromatic N) is 3. The molecule has 0 aromatic rings. The summed E-state index contributed by atoms with van der Waals surface area (Å²) in [5, 5.41) is 10.1. The number of nitrogens with one attached hydrogen (secondary N) is 1. The zero-order chi connectivity index (χ0) is 7.68. The summed E-state index contributed by atoms with van der Waals surface area (Å²) in [6.45, 7) is 0. The van der Waals surface area contributed by atoms with Crippen molar-refractivity contribution >= 4 is 23.6 Å². The molecule has 2 aliphatic rings. The van der Waals surface area contributed by atoms with Crippen molar-refractivity contribution in [2.75, 3.05) is 0 Å². The second-order valence-electron chi connectivity index (χ2n) is 2.05. The second-order valence-corrected chi connectivity index (χ2v) is 2.98. The number of thioether (sulfide) groups is 1. The molecule has 2 aliphatic heterocycles. The van der Waals surface area contributed by atoms with Crippen LogP contribution in [0.3, 0.4) is 0 Å². The predicted molar refractivity (Wildman–Crippen MR) is 43.2 cm³/mol. The minimum atomic E-state index is 0.0255. The highest BCUT2D eigenvalue weighted by Gasteiger charge is 2.26. The maximum absolute atomic E-state index is 8.63. The number of hydrazine groups is 1. The average molecular weight is 170 g/mol. The molecule has 2 rings (SSSR count). The SMILES string of the molecule is ONN1C=NC=C2N=CSC21. The van der Waals surface area contributed by atoms with Gasteiger partial charge in [-0.3, -0.25) is 10.2 Å². The summed E-state index contributed by atoms with van der Waals surface area (Å²) in [5.74, 6) is 0. The maximum Gasteiger partial charge on any atom is 0.143 e. The zero-order valence-electron chi connectivity index (χ0n) is 5.51. The van der Waals surface area contributed by atoms with E-state index in [0.29, 0.717) is 0 Å². The Labute approximate surface area is 67.4 Å². The Balaban J connectivity index is 2.23. The van der Waals surface area contributed by atoms with Crippen LogP contribution < -0.4 is 5.59 Å². The first-order chi connectivity index (χ1) is 5.42.